The third-order valence-electron chi connectivity index (χ3n) is 5.74. The number of ether oxygens (including phenoxy) is 1. The molecule has 166 valence electrons. The van der Waals surface area contributed by atoms with Gasteiger partial charge in [-0.3, -0.25) is 9.69 Å². The Kier molecular flexibility index (Phi) is 7.68. The summed E-state index contributed by atoms with van der Waals surface area (Å²) >= 11 is 0. The number of amides is 1. The molecule has 0 spiro atoms. The summed E-state index contributed by atoms with van der Waals surface area (Å²) in [4.78, 5) is 15.5. The van der Waals surface area contributed by atoms with Crippen LogP contribution in [0.2, 0.25) is 0 Å². The standard InChI is InChI=1S/C22H33N3O4S/c1-17(2)6-9-24-10-7-19(8-11-24)23-22(26)21-16-20(5-4-18(21)3)30(27,28)25-12-14-29-15-13-25/h4-6,16,19H,7-15H2,1-3H3,(H,23,26). The van der Waals surface area contributed by atoms with E-state index in [1.165, 1.54) is 15.9 Å². The highest BCUT2D eigenvalue weighted by Crippen LogP contribution is 2.21. The number of benzene rings is 1. The van der Waals surface area contributed by atoms with Gasteiger partial charge in [-0.15, -0.1) is 0 Å². The molecule has 2 aliphatic heterocycles. The number of allylic oxidation sites excluding steroid dienone is 1. The first-order chi connectivity index (χ1) is 14.3. The number of hydrogen-bond acceptors (Lipinski definition) is 5. The number of carbonyl (C=O) groups excluding carboxylic acids is 1. The Morgan fingerprint density at radius 3 is 2.47 bits per heavy atom. The van der Waals surface area contributed by atoms with Crippen LogP contribution in [-0.2, 0) is 14.8 Å². The predicted octanol–water partition coefficient (Wildman–Crippen LogP) is 2.18. The average molecular weight is 436 g/mol. The second kappa shape index (κ2) is 10.0. The van der Waals surface area contributed by atoms with E-state index in [2.05, 4.69) is 30.1 Å². The van der Waals surface area contributed by atoms with Gasteiger partial charge in [0.15, 0.2) is 0 Å². The highest BCUT2D eigenvalue weighted by Gasteiger charge is 2.28. The molecule has 2 saturated heterocycles. The third-order valence-corrected chi connectivity index (χ3v) is 7.64. The molecule has 1 N–H and O–H groups in total. The van der Waals surface area contributed by atoms with E-state index in [-0.39, 0.29) is 16.8 Å². The number of carbonyl (C=O) groups is 1. The Labute approximate surface area is 180 Å². The Morgan fingerprint density at radius 2 is 1.83 bits per heavy atom. The summed E-state index contributed by atoms with van der Waals surface area (Å²) < 4.78 is 32.6. The molecule has 0 aliphatic carbocycles. The minimum Gasteiger partial charge on any atom is -0.379 e. The summed E-state index contributed by atoms with van der Waals surface area (Å²) in [7, 11) is -3.63. The van der Waals surface area contributed by atoms with Crippen LogP contribution < -0.4 is 5.32 Å². The van der Waals surface area contributed by atoms with E-state index in [0.717, 1.165) is 38.0 Å². The molecule has 1 amide bonds. The van der Waals surface area contributed by atoms with Crippen LogP contribution >= 0.6 is 0 Å². The van der Waals surface area contributed by atoms with Gasteiger partial charge in [0.25, 0.3) is 5.91 Å². The molecule has 8 heteroatoms. The van der Waals surface area contributed by atoms with Gasteiger partial charge in [0.1, 0.15) is 0 Å². The summed E-state index contributed by atoms with van der Waals surface area (Å²) in [6, 6.07) is 4.92. The number of aryl methyl sites for hydroxylation is 1. The van der Waals surface area contributed by atoms with E-state index in [1.54, 1.807) is 12.1 Å². The first-order valence-corrected chi connectivity index (χ1v) is 12.1. The molecule has 1 aromatic rings. The smallest absolute Gasteiger partial charge is 0.251 e. The van der Waals surface area contributed by atoms with Crippen molar-refractivity contribution in [1.29, 1.82) is 0 Å². The van der Waals surface area contributed by atoms with Crippen molar-refractivity contribution in [2.75, 3.05) is 45.9 Å². The van der Waals surface area contributed by atoms with Crippen molar-refractivity contribution in [3.05, 3.63) is 41.0 Å². The first-order valence-electron chi connectivity index (χ1n) is 10.6. The fourth-order valence-corrected chi connectivity index (χ4v) is 5.21. The van der Waals surface area contributed by atoms with Gasteiger partial charge in [-0.2, -0.15) is 4.31 Å². The van der Waals surface area contributed by atoms with Crippen molar-refractivity contribution in [2.24, 2.45) is 0 Å². The third kappa shape index (κ3) is 5.69. The Hall–Kier alpha value is -1.74. The number of morpholine rings is 1. The maximum Gasteiger partial charge on any atom is 0.251 e. The van der Waals surface area contributed by atoms with Gasteiger partial charge in [0.05, 0.1) is 18.1 Å². The monoisotopic (exact) mass is 435 g/mol. The lowest BCUT2D eigenvalue weighted by atomic mass is 10.0. The molecule has 2 fully saturated rings. The molecule has 0 atom stereocenters. The van der Waals surface area contributed by atoms with E-state index in [4.69, 9.17) is 4.74 Å². The molecule has 0 saturated carbocycles. The van der Waals surface area contributed by atoms with Gasteiger partial charge in [-0.25, -0.2) is 8.42 Å². The number of hydrogen-bond donors (Lipinski definition) is 1. The fourth-order valence-electron chi connectivity index (χ4n) is 3.78. The van der Waals surface area contributed by atoms with Crippen LogP contribution in [-0.4, -0.2) is 75.5 Å². The summed E-state index contributed by atoms with van der Waals surface area (Å²) in [5.74, 6) is -0.200. The molecule has 7 nitrogen and oxygen atoms in total. The molecule has 30 heavy (non-hydrogen) atoms. The number of sulfonamides is 1. The van der Waals surface area contributed by atoms with Crippen molar-refractivity contribution in [1.82, 2.24) is 14.5 Å². The molecule has 0 aromatic heterocycles. The number of likely N-dealkylation sites (tertiary alicyclic amines) is 1. The van der Waals surface area contributed by atoms with Crippen LogP contribution in [0.25, 0.3) is 0 Å². The molecule has 0 radical (unpaired) electrons. The van der Waals surface area contributed by atoms with Gasteiger partial charge in [-0.1, -0.05) is 17.7 Å². The van der Waals surface area contributed by atoms with Gasteiger partial charge >= 0.3 is 0 Å². The SMILES string of the molecule is CC(C)=CCN1CCC(NC(=O)c2cc(S(=O)(=O)N3CCOCC3)ccc2C)CC1. The number of piperidine rings is 1. The van der Waals surface area contributed by atoms with Gasteiger partial charge in [-0.05, 0) is 51.3 Å². The van der Waals surface area contributed by atoms with Crippen LogP contribution in [0.1, 0.15) is 42.6 Å². The quantitative estimate of drug-likeness (QED) is 0.693. The maximum absolute atomic E-state index is 12.9. The van der Waals surface area contributed by atoms with E-state index >= 15 is 0 Å². The Balaban J connectivity index is 1.65. The molecule has 0 unspecified atom stereocenters. The average Bonchev–Trinajstić information content (AvgIpc) is 2.74. The topological polar surface area (TPSA) is 79.0 Å². The molecule has 1 aromatic carbocycles. The summed E-state index contributed by atoms with van der Waals surface area (Å²) in [6.07, 6.45) is 4.02. The van der Waals surface area contributed by atoms with Gasteiger partial charge < -0.3 is 10.1 Å². The van der Waals surface area contributed by atoms with Gasteiger partial charge in [0, 0.05) is 44.3 Å². The van der Waals surface area contributed by atoms with Gasteiger partial charge in [0.2, 0.25) is 10.0 Å². The van der Waals surface area contributed by atoms with Crippen molar-refractivity contribution < 1.29 is 17.9 Å². The maximum atomic E-state index is 12.9. The number of rotatable bonds is 6. The molecular weight excluding hydrogens is 402 g/mol. The zero-order valence-corrected chi connectivity index (χ0v) is 19.0. The molecule has 0 bridgehead atoms. The second-order valence-corrected chi connectivity index (χ2v) is 10.3. The molecular formula is C22H33N3O4S. The highest BCUT2D eigenvalue weighted by molar-refractivity contribution is 7.89. The van der Waals surface area contributed by atoms with Crippen molar-refractivity contribution in [3.8, 4) is 0 Å². The molecule has 3 rings (SSSR count). The van der Waals surface area contributed by atoms with Crippen LogP contribution in [0.3, 0.4) is 0 Å². The van der Waals surface area contributed by atoms with Crippen molar-refractivity contribution in [3.63, 3.8) is 0 Å². The largest absolute Gasteiger partial charge is 0.379 e. The van der Waals surface area contributed by atoms with E-state index in [1.807, 2.05) is 6.92 Å². The zero-order valence-electron chi connectivity index (χ0n) is 18.2. The van der Waals surface area contributed by atoms with Crippen molar-refractivity contribution in [2.45, 2.75) is 44.6 Å². The summed E-state index contributed by atoms with van der Waals surface area (Å²) in [5, 5.41) is 3.11. The van der Waals surface area contributed by atoms with E-state index in [0.29, 0.717) is 31.9 Å². The number of nitrogens with one attached hydrogen (secondary N) is 1. The highest BCUT2D eigenvalue weighted by atomic mass is 32.2. The van der Waals surface area contributed by atoms with E-state index in [9.17, 15) is 13.2 Å². The van der Waals surface area contributed by atoms with Crippen LogP contribution in [0.15, 0.2) is 34.7 Å². The Bertz CT molecular complexity index is 880. The Morgan fingerprint density at radius 1 is 1.17 bits per heavy atom. The van der Waals surface area contributed by atoms with Crippen molar-refractivity contribution >= 4 is 15.9 Å². The predicted molar refractivity (Wildman–Crippen MR) is 117 cm³/mol. The lowest BCUT2D eigenvalue weighted by Gasteiger charge is -2.32. The molecule has 2 heterocycles. The van der Waals surface area contributed by atoms with E-state index < -0.39 is 10.0 Å². The molecule has 2 aliphatic rings. The zero-order chi connectivity index (χ0) is 21.7. The van der Waals surface area contributed by atoms with Crippen LogP contribution in [0, 0.1) is 6.92 Å². The lowest BCUT2D eigenvalue weighted by Crippen LogP contribution is -2.44. The lowest BCUT2D eigenvalue weighted by molar-refractivity contribution is 0.0730. The first kappa shape index (κ1) is 22.9. The second-order valence-electron chi connectivity index (χ2n) is 8.32. The van der Waals surface area contributed by atoms with Crippen LogP contribution in [0.5, 0.6) is 0 Å². The fraction of sp³-hybridized carbons (Fsp3) is 0.591. The normalized spacial score (nSPS) is 19.4. The summed E-state index contributed by atoms with van der Waals surface area (Å²) in [5.41, 5.74) is 2.51. The minimum atomic E-state index is -3.63. The van der Waals surface area contributed by atoms with Crippen LogP contribution in [0.4, 0.5) is 0 Å². The summed E-state index contributed by atoms with van der Waals surface area (Å²) in [6.45, 7) is 10.3. The minimum absolute atomic E-state index is 0.111. The number of nitrogens with zero attached hydrogens (tertiary/aromatic N) is 2.